The Morgan fingerprint density at radius 1 is 1.22 bits per heavy atom. The van der Waals surface area contributed by atoms with Crippen LogP contribution in [0.1, 0.15) is 28.8 Å². The fourth-order valence-corrected chi connectivity index (χ4v) is 2.06. The van der Waals surface area contributed by atoms with Crippen LogP contribution >= 0.6 is 0 Å². The minimum Gasteiger partial charge on any atom is -0.452 e. The zero-order valence-corrected chi connectivity index (χ0v) is 10.5. The molecule has 1 aliphatic heterocycles. The van der Waals surface area contributed by atoms with Crippen LogP contribution in [0.2, 0.25) is 0 Å². The van der Waals surface area contributed by atoms with Crippen LogP contribution in [0, 0.1) is 6.92 Å². The summed E-state index contributed by atoms with van der Waals surface area (Å²) in [7, 11) is 0. The van der Waals surface area contributed by atoms with Gasteiger partial charge in [0.1, 0.15) is 0 Å². The highest BCUT2D eigenvalue weighted by atomic mass is 16.5. The van der Waals surface area contributed by atoms with E-state index < -0.39 is 5.97 Å². The summed E-state index contributed by atoms with van der Waals surface area (Å²) in [5.41, 5.74) is 1.38. The van der Waals surface area contributed by atoms with E-state index in [4.69, 9.17) is 4.74 Å². The number of aryl methyl sites for hydroxylation is 1. The predicted molar refractivity (Wildman–Crippen MR) is 67.3 cm³/mol. The van der Waals surface area contributed by atoms with Crippen LogP contribution in [0.4, 0.5) is 0 Å². The van der Waals surface area contributed by atoms with Gasteiger partial charge in [-0.2, -0.15) is 0 Å². The summed E-state index contributed by atoms with van der Waals surface area (Å²) in [6, 6.07) is 7.20. The number of nitrogens with zero attached hydrogens (tertiary/aromatic N) is 1. The lowest BCUT2D eigenvalue weighted by Crippen LogP contribution is -2.32. The number of ether oxygens (including phenoxy) is 1. The second-order valence-corrected chi connectivity index (χ2v) is 4.48. The molecule has 0 atom stereocenters. The van der Waals surface area contributed by atoms with E-state index in [9.17, 15) is 9.59 Å². The maximum atomic E-state index is 11.8. The topological polar surface area (TPSA) is 46.6 Å². The first-order valence-electron chi connectivity index (χ1n) is 6.19. The molecule has 0 bridgehead atoms. The Kier molecular flexibility index (Phi) is 3.97. The molecular formula is C14H17NO3. The summed E-state index contributed by atoms with van der Waals surface area (Å²) >= 11 is 0. The van der Waals surface area contributed by atoms with Crippen LogP contribution in [0.15, 0.2) is 24.3 Å². The maximum absolute atomic E-state index is 11.8. The van der Waals surface area contributed by atoms with Gasteiger partial charge >= 0.3 is 5.97 Å². The molecule has 1 heterocycles. The van der Waals surface area contributed by atoms with Gasteiger partial charge in [0.05, 0.1) is 5.56 Å². The number of esters is 1. The van der Waals surface area contributed by atoms with Gasteiger partial charge in [0.25, 0.3) is 5.91 Å². The van der Waals surface area contributed by atoms with Gasteiger partial charge in [0, 0.05) is 13.1 Å². The number of benzene rings is 1. The highest BCUT2D eigenvalue weighted by Gasteiger charge is 2.19. The summed E-state index contributed by atoms with van der Waals surface area (Å²) in [6.07, 6.45) is 2.08. The van der Waals surface area contributed by atoms with Crippen molar-refractivity contribution in [3.63, 3.8) is 0 Å². The fourth-order valence-electron chi connectivity index (χ4n) is 2.06. The highest BCUT2D eigenvalue weighted by Crippen LogP contribution is 2.10. The number of rotatable bonds is 3. The van der Waals surface area contributed by atoms with Gasteiger partial charge in [-0.15, -0.1) is 0 Å². The Labute approximate surface area is 107 Å². The first-order valence-corrected chi connectivity index (χ1v) is 6.19. The number of carbonyl (C=O) groups excluding carboxylic acids is 2. The molecule has 18 heavy (non-hydrogen) atoms. The van der Waals surface area contributed by atoms with Gasteiger partial charge < -0.3 is 9.64 Å². The van der Waals surface area contributed by atoms with Crippen LogP contribution in [0.5, 0.6) is 0 Å². The van der Waals surface area contributed by atoms with E-state index in [0.29, 0.717) is 5.56 Å². The number of hydrogen-bond donors (Lipinski definition) is 0. The summed E-state index contributed by atoms with van der Waals surface area (Å²) < 4.78 is 5.05. The fraction of sp³-hybridized carbons (Fsp3) is 0.429. The molecule has 0 N–H and O–H groups in total. The van der Waals surface area contributed by atoms with Gasteiger partial charge in [0.15, 0.2) is 6.61 Å². The first-order chi connectivity index (χ1) is 8.68. The van der Waals surface area contributed by atoms with E-state index in [1.807, 2.05) is 19.1 Å². The molecule has 0 saturated carbocycles. The van der Waals surface area contributed by atoms with Crippen LogP contribution < -0.4 is 0 Å². The average molecular weight is 247 g/mol. The third-order valence-corrected chi connectivity index (χ3v) is 3.15. The third kappa shape index (κ3) is 2.88. The molecule has 0 unspecified atom stereocenters. The van der Waals surface area contributed by atoms with Crippen molar-refractivity contribution >= 4 is 11.9 Å². The molecule has 1 saturated heterocycles. The SMILES string of the molecule is Cc1ccccc1C(=O)OCC(=O)N1CCCC1. The molecule has 1 amide bonds. The zero-order chi connectivity index (χ0) is 13.0. The molecule has 96 valence electrons. The molecule has 1 aromatic carbocycles. The van der Waals surface area contributed by atoms with Gasteiger partial charge in [-0.3, -0.25) is 4.79 Å². The molecule has 4 nitrogen and oxygen atoms in total. The molecule has 0 aliphatic carbocycles. The van der Waals surface area contributed by atoms with Crippen molar-refractivity contribution in [2.45, 2.75) is 19.8 Å². The molecule has 0 radical (unpaired) electrons. The van der Waals surface area contributed by atoms with E-state index in [2.05, 4.69) is 0 Å². The highest BCUT2D eigenvalue weighted by molar-refractivity contribution is 5.92. The Hall–Kier alpha value is -1.84. The molecule has 0 spiro atoms. The average Bonchev–Trinajstić information content (AvgIpc) is 2.90. The van der Waals surface area contributed by atoms with E-state index in [1.54, 1.807) is 17.0 Å². The van der Waals surface area contributed by atoms with Crippen LogP contribution in [0.25, 0.3) is 0 Å². The zero-order valence-electron chi connectivity index (χ0n) is 10.5. The largest absolute Gasteiger partial charge is 0.452 e. The number of carbonyl (C=O) groups is 2. The van der Waals surface area contributed by atoms with Crippen LogP contribution in [0.3, 0.4) is 0 Å². The lowest BCUT2D eigenvalue weighted by Gasteiger charge is -2.15. The minimum absolute atomic E-state index is 0.102. The van der Waals surface area contributed by atoms with Crippen molar-refractivity contribution in [2.24, 2.45) is 0 Å². The van der Waals surface area contributed by atoms with Crippen molar-refractivity contribution in [3.05, 3.63) is 35.4 Å². The van der Waals surface area contributed by atoms with Crippen LogP contribution in [-0.2, 0) is 9.53 Å². The lowest BCUT2D eigenvalue weighted by molar-refractivity contribution is -0.133. The second kappa shape index (κ2) is 5.67. The molecule has 0 aromatic heterocycles. The molecule has 1 fully saturated rings. The molecule has 1 aliphatic rings. The van der Waals surface area contributed by atoms with Crippen molar-refractivity contribution < 1.29 is 14.3 Å². The Morgan fingerprint density at radius 2 is 1.89 bits per heavy atom. The van der Waals surface area contributed by atoms with Gasteiger partial charge in [-0.25, -0.2) is 4.79 Å². The van der Waals surface area contributed by atoms with Gasteiger partial charge in [-0.1, -0.05) is 18.2 Å². The van der Waals surface area contributed by atoms with E-state index >= 15 is 0 Å². The summed E-state index contributed by atoms with van der Waals surface area (Å²) in [6.45, 7) is 3.24. The Balaban J connectivity index is 1.88. The summed E-state index contributed by atoms with van der Waals surface area (Å²) in [4.78, 5) is 25.2. The first kappa shape index (κ1) is 12.6. The second-order valence-electron chi connectivity index (χ2n) is 4.48. The number of likely N-dealkylation sites (tertiary alicyclic amines) is 1. The van der Waals surface area contributed by atoms with Crippen molar-refractivity contribution in [2.75, 3.05) is 19.7 Å². The predicted octanol–water partition coefficient (Wildman–Crippen LogP) is 1.77. The Bertz CT molecular complexity index is 450. The van der Waals surface area contributed by atoms with E-state index in [0.717, 1.165) is 31.5 Å². The Morgan fingerprint density at radius 3 is 2.56 bits per heavy atom. The molecule has 1 aromatic rings. The van der Waals surface area contributed by atoms with E-state index in [1.165, 1.54) is 0 Å². The number of amides is 1. The third-order valence-electron chi connectivity index (χ3n) is 3.15. The minimum atomic E-state index is -0.430. The monoisotopic (exact) mass is 247 g/mol. The summed E-state index contributed by atoms with van der Waals surface area (Å²) in [5, 5.41) is 0. The normalized spacial score (nSPS) is 14.6. The van der Waals surface area contributed by atoms with Crippen molar-refractivity contribution in [1.29, 1.82) is 0 Å². The van der Waals surface area contributed by atoms with Crippen molar-refractivity contribution in [1.82, 2.24) is 4.90 Å². The quantitative estimate of drug-likeness (QED) is 0.765. The maximum Gasteiger partial charge on any atom is 0.338 e. The lowest BCUT2D eigenvalue weighted by atomic mass is 10.1. The van der Waals surface area contributed by atoms with Crippen LogP contribution in [-0.4, -0.2) is 36.5 Å². The molecule has 4 heteroatoms. The molecule has 2 rings (SSSR count). The number of hydrogen-bond acceptors (Lipinski definition) is 3. The molecular weight excluding hydrogens is 230 g/mol. The van der Waals surface area contributed by atoms with Gasteiger partial charge in [-0.05, 0) is 31.4 Å². The summed E-state index contributed by atoms with van der Waals surface area (Å²) in [5.74, 6) is -0.532. The van der Waals surface area contributed by atoms with Crippen molar-refractivity contribution in [3.8, 4) is 0 Å². The standard InChI is InChI=1S/C14H17NO3/c1-11-6-2-3-7-12(11)14(17)18-10-13(16)15-8-4-5-9-15/h2-3,6-7H,4-5,8-10H2,1H3. The van der Waals surface area contributed by atoms with Gasteiger partial charge in [0.2, 0.25) is 0 Å². The van der Waals surface area contributed by atoms with E-state index in [-0.39, 0.29) is 12.5 Å². The smallest absolute Gasteiger partial charge is 0.338 e.